The molecule has 1 aromatic carbocycles. The van der Waals surface area contributed by atoms with Crippen LogP contribution in [0.4, 0.5) is 0 Å². The van der Waals surface area contributed by atoms with Gasteiger partial charge in [0.1, 0.15) is 5.82 Å². The monoisotopic (exact) mass is 212 g/mol. The highest BCUT2D eigenvalue weighted by atomic mass is 14.9. The van der Waals surface area contributed by atoms with Crippen LogP contribution in [0.5, 0.6) is 0 Å². The van der Waals surface area contributed by atoms with Crippen LogP contribution in [0.2, 0.25) is 0 Å². The van der Waals surface area contributed by atoms with Crippen LogP contribution in [0.3, 0.4) is 0 Å². The predicted octanol–water partition coefficient (Wildman–Crippen LogP) is 2.94. The third-order valence-electron chi connectivity index (χ3n) is 2.63. The highest BCUT2D eigenvalue weighted by Gasteiger charge is 1.98. The zero-order valence-electron chi connectivity index (χ0n) is 9.77. The smallest absolute Gasteiger partial charge is 0.132 e. The van der Waals surface area contributed by atoms with Gasteiger partial charge in [0.2, 0.25) is 0 Å². The summed E-state index contributed by atoms with van der Waals surface area (Å²) in [5.41, 5.74) is 3.74. The van der Waals surface area contributed by atoms with Crippen LogP contribution in [-0.4, -0.2) is 9.97 Å². The Balaban J connectivity index is 2.11. The molecule has 0 atom stereocenters. The van der Waals surface area contributed by atoms with Crippen molar-refractivity contribution >= 4 is 0 Å². The van der Waals surface area contributed by atoms with Crippen molar-refractivity contribution in [2.45, 2.75) is 26.7 Å². The first-order valence-electron chi connectivity index (χ1n) is 5.63. The molecule has 2 rings (SSSR count). The molecule has 82 valence electrons. The van der Waals surface area contributed by atoms with Gasteiger partial charge in [0, 0.05) is 18.8 Å². The molecule has 0 aliphatic carbocycles. The molecule has 0 spiro atoms. The van der Waals surface area contributed by atoms with E-state index in [0.717, 1.165) is 24.2 Å². The molecule has 0 bridgehead atoms. The number of aryl methyl sites for hydroxylation is 2. The summed E-state index contributed by atoms with van der Waals surface area (Å²) in [5.74, 6) is 0.884. The lowest BCUT2D eigenvalue weighted by molar-refractivity contribution is 0.954. The first-order valence-corrected chi connectivity index (χ1v) is 5.63. The number of hydrogen-bond acceptors (Lipinski definition) is 2. The SMILES string of the molecule is CCc1ccc(Cc2ncc(C)cn2)cc1. The van der Waals surface area contributed by atoms with E-state index in [2.05, 4.69) is 41.2 Å². The van der Waals surface area contributed by atoms with Gasteiger partial charge in [-0.3, -0.25) is 0 Å². The van der Waals surface area contributed by atoms with Crippen molar-refractivity contribution < 1.29 is 0 Å². The van der Waals surface area contributed by atoms with Gasteiger partial charge in [-0.15, -0.1) is 0 Å². The van der Waals surface area contributed by atoms with Gasteiger partial charge in [-0.25, -0.2) is 9.97 Å². The second-order valence-electron chi connectivity index (χ2n) is 4.02. The van der Waals surface area contributed by atoms with Gasteiger partial charge in [-0.05, 0) is 30.0 Å². The van der Waals surface area contributed by atoms with Crippen LogP contribution >= 0.6 is 0 Å². The van der Waals surface area contributed by atoms with E-state index in [9.17, 15) is 0 Å². The van der Waals surface area contributed by atoms with Crippen molar-refractivity contribution in [2.24, 2.45) is 0 Å². The summed E-state index contributed by atoms with van der Waals surface area (Å²) in [6.45, 7) is 4.16. The summed E-state index contributed by atoms with van der Waals surface area (Å²) in [4.78, 5) is 8.61. The van der Waals surface area contributed by atoms with Crippen LogP contribution in [0.1, 0.15) is 29.4 Å². The molecule has 0 amide bonds. The molecule has 2 aromatic rings. The van der Waals surface area contributed by atoms with E-state index in [1.54, 1.807) is 0 Å². The topological polar surface area (TPSA) is 25.8 Å². The summed E-state index contributed by atoms with van der Waals surface area (Å²) in [7, 11) is 0. The zero-order valence-corrected chi connectivity index (χ0v) is 9.77. The second-order valence-corrected chi connectivity index (χ2v) is 4.02. The normalized spacial score (nSPS) is 10.4. The number of hydrogen-bond donors (Lipinski definition) is 0. The molecule has 16 heavy (non-hydrogen) atoms. The van der Waals surface area contributed by atoms with Crippen molar-refractivity contribution in [3.8, 4) is 0 Å². The Morgan fingerprint density at radius 3 is 2.06 bits per heavy atom. The largest absolute Gasteiger partial charge is 0.241 e. The van der Waals surface area contributed by atoms with Gasteiger partial charge in [0.25, 0.3) is 0 Å². The zero-order chi connectivity index (χ0) is 11.4. The van der Waals surface area contributed by atoms with Gasteiger partial charge in [0.05, 0.1) is 0 Å². The average Bonchev–Trinajstić information content (AvgIpc) is 2.33. The van der Waals surface area contributed by atoms with Crippen LogP contribution in [0.15, 0.2) is 36.7 Å². The van der Waals surface area contributed by atoms with E-state index < -0.39 is 0 Å². The molecule has 2 heteroatoms. The Morgan fingerprint density at radius 2 is 1.50 bits per heavy atom. The van der Waals surface area contributed by atoms with Crippen LogP contribution in [-0.2, 0) is 12.8 Å². The lowest BCUT2D eigenvalue weighted by Gasteiger charge is -2.02. The van der Waals surface area contributed by atoms with Crippen molar-refractivity contribution in [3.05, 3.63) is 59.2 Å². The fourth-order valence-corrected chi connectivity index (χ4v) is 1.59. The molecule has 0 N–H and O–H groups in total. The maximum absolute atomic E-state index is 4.31. The van der Waals surface area contributed by atoms with Gasteiger partial charge in [-0.1, -0.05) is 31.2 Å². The van der Waals surface area contributed by atoms with Gasteiger partial charge in [0.15, 0.2) is 0 Å². The van der Waals surface area contributed by atoms with E-state index in [0.29, 0.717) is 0 Å². The molecule has 0 saturated carbocycles. The van der Waals surface area contributed by atoms with Gasteiger partial charge >= 0.3 is 0 Å². The Bertz CT molecular complexity index is 443. The molecule has 2 nitrogen and oxygen atoms in total. The molecule has 0 radical (unpaired) electrons. The van der Waals surface area contributed by atoms with Gasteiger partial charge in [-0.2, -0.15) is 0 Å². The standard InChI is InChI=1S/C14H16N2/c1-3-12-4-6-13(7-5-12)8-14-15-9-11(2)10-16-14/h4-7,9-10H,3,8H2,1-2H3. The summed E-state index contributed by atoms with van der Waals surface area (Å²) < 4.78 is 0. The molecular weight excluding hydrogens is 196 g/mol. The van der Waals surface area contributed by atoms with Crippen LogP contribution in [0, 0.1) is 6.92 Å². The molecule has 1 aromatic heterocycles. The van der Waals surface area contributed by atoms with E-state index >= 15 is 0 Å². The van der Waals surface area contributed by atoms with Crippen molar-refractivity contribution in [1.82, 2.24) is 9.97 Å². The molecule has 0 aliphatic heterocycles. The third kappa shape index (κ3) is 2.66. The number of aromatic nitrogens is 2. The van der Waals surface area contributed by atoms with E-state index in [1.165, 1.54) is 11.1 Å². The van der Waals surface area contributed by atoms with E-state index in [4.69, 9.17) is 0 Å². The minimum absolute atomic E-state index is 0.810. The fourth-order valence-electron chi connectivity index (χ4n) is 1.59. The molecular formula is C14H16N2. The summed E-state index contributed by atoms with van der Waals surface area (Å²) >= 11 is 0. The average molecular weight is 212 g/mol. The Kier molecular flexibility index (Phi) is 3.30. The fraction of sp³-hybridized carbons (Fsp3) is 0.286. The summed E-state index contributed by atoms with van der Waals surface area (Å²) in [6, 6.07) is 8.65. The Labute approximate surface area is 96.4 Å². The minimum atomic E-state index is 0.810. The van der Waals surface area contributed by atoms with E-state index in [1.807, 2.05) is 19.3 Å². The second kappa shape index (κ2) is 4.88. The maximum Gasteiger partial charge on any atom is 0.132 e. The Morgan fingerprint density at radius 1 is 0.938 bits per heavy atom. The number of benzene rings is 1. The molecule has 0 aliphatic rings. The predicted molar refractivity (Wildman–Crippen MR) is 65.4 cm³/mol. The third-order valence-corrected chi connectivity index (χ3v) is 2.63. The Hall–Kier alpha value is -1.70. The van der Waals surface area contributed by atoms with Gasteiger partial charge < -0.3 is 0 Å². The highest BCUT2D eigenvalue weighted by molar-refractivity contribution is 5.24. The lowest BCUT2D eigenvalue weighted by Crippen LogP contribution is -1.96. The first kappa shape index (κ1) is 10.8. The summed E-state index contributed by atoms with van der Waals surface area (Å²) in [6.07, 6.45) is 5.62. The van der Waals surface area contributed by atoms with Crippen molar-refractivity contribution in [3.63, 3.8) is 0 Å². The maximum atomic E-state index is 4.31. The quantitative estimate of drug-likeness (QED) is 0.781. The molecule has 1 heterocycles. The van der Waals surface area contributed by atoms with Crippen molar-refractivity contribution in [2.75, 3.05) is 0 Å². The summed E-state index contributed by atoms with van der Waals surface area (Å²) in [5, 5.41) is 0. The van der Waals surface area contributed by atoms with Crippen LogP contribution < -0.4 is 0 Å². The highest BCUT2D eigenvalue weighted by Crippen LogP contribution is 2.08. The van der Waals surface area contributed by atoms with Crippen molar-refractivity contribution in [1.29, 1.82) is 0 Å². The van der Waals surface area contributed by atoms with E-state index in [-0.39, 0.29) is 0 Å². The lowest BCUT2D eigenvalue weighted by atomic mass is 10.1. The first-order chi connectivity index (χ1) is 7.78. The number of nitrogens with zero attached hydrogens (tertiary/aromatic N) is 2. The molecule has 0 fully saturated rings. The minimum Gasteiger partial charge on any atom is -0.241 e. The number of rotatable bonds is 3. The molecule has 0 unspecified atom stereocenters. The van der Waals surface area contributed by atoms with Crippen LogP contribution in [0.25, 0.3) is 0 Å². The molecule has 0 saturated heterocycles.